The van der Waals surface area contributed by atoms with E-state index in [0.717, 1.165) is 6.07 Å². The Morgan fingerprint density at radius 1 is 1.35 bits per heavy atom. The minimum Gasteiger partial charge on any atom is -0.381 e. The van der Waals surface area contributed by atoms with E-state index < -0.39 is 16.7 Å². The van der Waals surface area contributed by atoms with Gasteiger partial charge in [-0.3, -0.25) is 30.6 Å². The Balaban J connectivity index is 2.48. The second-order valence-corrected chi connectivity index (χ2v) is 3.76. The maximum Gasteiger partial charge on any atom is 0.270 e. The van der Waals surface area contributed by atoms with Gasteiger partial charge >= 0.3 is 0 Å². The summed E-state index contributed by atoms with van der Waals surface area (Å²) in [7, 11) is 0. The fourth-order valence-electron chi connectivity index (χ4n) is 1.33. The minimum absolute atomic E-state index is 0.0873. The molecule has 0 aromatic heterocycles. The Labute approximate surface area is 115 Å². The highest BCUT2D eigenvalue weighted by Gasteiger charge is 2.11. The van der Waals surface area contributed by atoms with Gasteiger partial charge in [0, 0.05) is 24.3 Å². The number of hydrogen-bond acceptors (Lipinski definition) is 5. The molecule has 1 rings (SSSR count). The van der Waals surface area contributed by atoms with E-state index in [1.807, 2.05) is 6.92 Å². The van der Waals surface area contributed by atoms with Crippen molar-refractivity contribution in [3.05, 3.63) is 39.9 Å². The van der Waals surface area contributed by atoms with E-state index >= 15 is 0 Å². The third-order valence-electron chi connectivity index (χ3n) is 2.31. The van der Waals surface area contributed by atoms with E-state index in [-0.39, 0.29) is 24.3 Å². The molecule has 0 fully saturated rings. The summed E-state index contributed by atoms with van der Waals surface area (Å²) in [6.45, 7) is 2.57. The van der Waals surface area contributed by atoms with Crippen LogP contribution in [0.5, 0.6) is 0 Å². The highest BCUT2D eigenvalue weighted by Crippen LogP contribution is 2.12. The average molecular weight is 281 g/mol. The maximum atomic E-state index is 11.7. The van der Waals surface area contributed by atoms with E-state index in [2.05, 4.69) is 10.9 Å². The molecule has 0 spiro atoms. The molecule has 0 aliphatic heterocycles. The largest absolute Gasteiger partial charge is 0.381 e. The number of carbonyl (C=O) groups excluding carboxylic acids is 2. The first-order valence-corrected chi connectivity index (χ1v) is 5.96. The third kappa shape index (κ3) is 5.02. The zero-order valence-corrected chi connectivity index (χ0v) is 10.9. The molecule has 8 heteroatoms. The predicted molar refractivity (Wildman–Crippen MR) is 69.8 cm³/mol. The van der Waals surface area contributed by atoms with Crippen LogP contribution in [-0.2, 0) is 9.53 Å². The molecular formula is C12H15N3O5. The van der Waals surface area contributed by atoms with E-state index in [1.165, 1.54) is 18.2 Å². The molecule has 0 unspecified atom stereocenters. The summed E-state index contributed by atoms with van der Waals surface area (Å²) in [6, 6.07) is 5.21. The molecule has 0 saturated carbocycles. The van der Waals surface area contributed by atoms with Crippen LogP contribution in [0, 0.1) is 10.1 Å². The van der Waals surface area contributed by atoms with E-state index in [9.17, 15) is 19.7 Å². The van der Waals surface area contributed by atoms with Crippen molar-refractivity contribution in [1.29, 1.82) is 0 Å². The maximum absolute atomic E-state index is 11.7. The molecule has 0 heterocycles. The Kier molecular flexibility index (Phi) is 6.11. The number of amides is 2. The van der Waals surface area contributed by atoms with E-state index in [1.54, 1.807) is 0 Å². The first-order valence-electron chi connectivity index (χ1n) is 5.96. The molecular weight excluding hydrogens is 266 g/mol. The number of benzene rings is 1. The minimum atomic E-state index is -0.626. The first kappa shape index (κ1) is 15.6. The van der Waals surface area contributed by atoms with Gasteiger partial charge in [0.2, 0.25) is 5.91 Å². The number of carbonyl (C=O) groups is 2. The molecule has 108 valence electrons. The normalized spacial score (nSPS) is 9.85. The van der Waals surface area contributed by atoms with Crippen molar-refractivity contribution in [2.75, 3.05) is 13.2 Å². The van der Waals surface area contributed by atoms with Crippen LogP contribution in [0.15, 0.2) is 24.3 Å². The zero-order chi connectivity index (χ0) is 15.0. The number of ether oxygens (including phenoxy) is 1. The lowest BCUT2D eigenvalue weighted by Gasteiger charge is -2.07. The Morgan fingerprint density at radius 2 is 2.10 bits per heavy atom. The molecule has 0 atom stereocenters. The fourth-order valence-corrected chi connectivity index (χ4v) is 1.33. The number of nitro benzene ring substituents is 1. The van der Waals surface area contributed by atoms with Gasteiger partial charge in [0.25, 0.3) is 11.6 Å². The standard InChI is InChI=1S/C12H15N3O5/c1-2-20-7-6-11(16)13-14-12(17)9-4-3-5-10(8-9)15(18)19/h3-5,8H,2,6-7H2,1H3,(H,13,16)(H,14,17). The highest BCUT2D eigenvalue weighted by atomic mass is 16.6. The molecule has 0 aliphatic carbocycles. The summed E-state index contributed by atoms with van der Waals surface area (Å²) in [4.78, 5) is 33.0. The number of nitro groups is 1. The van der Waals surface area contributed by atoms with Gasteiger partial charge in [-0.05, 0) is 13.0 Å². The molecule has 8 nitrogen and oxygen atoms in total. The van der Waals surface area contributed by atoms with Gasteiger partial charge in [-0.2, -0.15) is 0 Å². The lowest BCUT2D eigenvalue weighted by molar-refractivity contribution is -0.384. The van der Waals surface area contributed by atoms with Gasteiger partial charge in [0.15, 0.2) is 0 Å². The van der Waals surface area contributed by atoms with Crippen molar-refractivity contribution in [3.63, 3.8) is 0 Å². The first-order chi connectivity index (χ1) is 9.54. The second-order valence-electron chi connectivity index (χ2n) is 3.76. The number of rotatable bonds is 6. The summed E-state index contributed by atoms with van der Waals surface area (Å²) >= 11 is 0. The summed E-state index contributed by atoms with van der Waals surface area (Å²) in [5.74, 6) is -1.03. The predicted octanol–water partition coefficient (Wildman–Crippen LogP) is 0.782. The summed E-state index contributed by atoms with van der Waals surface area (Å²) in [5, 5.41) is 10.6. The number of nitrogens with zero attached hydrogens (tertiary/aromatic N) is 1. The lowest BCUT2D eigenvalue weighted by Crippen LogP contribution is -2.41. The molecule has 20 heavy (non-hydrogen) atoms. The zero-order valence-electron chi connectivity index (χ0n) is 10.9. The van der Waals surface area contributed by atoms with Crippen LogP contribution in [0.1, 0.15) is 23.7 Å². The Morgan fingerprint density at radius 3 is 2.75 bits per heavy atom. The van der Waals surface area contributed by atoms with Crippen LogP contribution in [0.3, 0.4) is 0 Å². The number of non-ortho nitro benzene ring substituents is 1. The lowest BCUT2D eigenvalue weighted by atomic mass is 10.2. The molecule has 1 aromatic carbocycles. The molecule has 0 radical (unpaired) electrons. The van der Waals surface area contributed by atoms with Crippen molar-refractivity contribution in [1.82, 2.24) is 10.9 Å². The van der Waals surface area contributed by atoms with Crippen LogP contribution < -0.4 is 10.9 Å². The van der Waals surface area contributed by atoms with Crippen molar-refractivity contribution in [2.24, 2.45) is 0 Å². The van der Waals surface area contributed by atoms with Crippen LogP contribution in [-0.4, -0.2) is 30.0 Å². The van der Waals surface area contributed by atoms with Crippen LogP contribution in [0.4, 0.5) is 5.69 Å². The number of hydrazine groups is 1. The quantitative estimate of drug-likeness (QED) is 0.455. The van der Waals surface area contributed by atoms with Crippen molar-refractivity contribution < 1.29 is 19.2 Å². The van der Waals surface area contributed by atoms with Gasteiger partial charge in [-0.25, -0.2) is 0 Å². The molecule has 2 amide bonds. The molecule has 0 aliphatic rings. The van der Waals surface area contributed by atoms with Crippen molar-refractivity contribution in [2.45, 2.75) is 13.3 Å². The number of hydrogen-bond donors (Lipinski definition) is 2. The second kappa shape index (κ2) is 7.85. The van der Waals surface area contributed by atoms with E-state index in [4.69, 9.17) is 4.74 Å². The van der Waals surface area contributed by atoms with Gasteiger partial charge in [0.1, 0.15) is 0 Å². The number of nitrogens with one attached hydrogen (secondary N) is 2. The summed E-state index contributed by atoms with van der Waals surface area (Å²) in [6.07, 6.45) is 0.114. The Hall–Kier alpha value is -2.48. The molecule has 0 saturated heterocycles. The summed E-state index contributed by atoms with van der Waals surface area (Å²) in [5.41, 5.74) is 4.27. The molecule has 2 N–H and O–H groups in total. The SMILES string of the molecule is CCOCCC(=O)NNC(=O)c1cccc([N+](=O)[O-])c1. The van der Waals surface area contributed by atoms with Crippen molar-refractivity contribution in [3.8, 4) is 0 Å². The average Bonchev–Trinajstić information content (AvgIpc) is 2.45. The smallest absolute Gasteiger partial charge is 0.270 e. The van der Waals surface area contributed by atoms with Crippen molar-refractivity contribution >= 4 is 17.5 Å². The van der Waals surface area contributed by atoms with Gasteiger partial charge in [0.05, 0.1) is 18.0 Å². The summed E-state index contributed by atoms with van der Waals surface area (Å²) < 4.78 is 4.99. The highest BCUT2D eigenvalue weighted by molar-refractivity contribution is 5.95. The van der Waals surface area contributed by atoms with Gasteiger partial charge < -0.3 is 4.74 Å². The third-order valence-corrected chi connectivity index (χ3v) is 2.31. The topological polar surface area (TPSA) is 111 Å². The van der Waals surface area contributed by atoms with Crippen LogP contribution in [0.25, 0.3) is 0 Å². The van der Waals surface area contributed by atoms with Gasteiger partial charge in [-0.15, -0.1) is 0 Å². The molecule has 0 bridgehead atoms. The molecule has 1 aromatic rings. The van der Waals surface area contributed by atoms with Crippen LogP contribution >= 0.6 is 0 Å². The van der Waals surface area contributed by atoms with Crippen LogP contribution in [0.2, 0.25) is 0 Å². The van der Waals surface area contributed by atoms with Gasteiger partial charge in [-0.1, -0.05) is 6.07 Å². The Bertz CT molecular complexity index is 504. The van der Waals surface area contributed by atoms with E-state index in [0.29, 0.717) is 6.61 Å². The fraction of sp³-hybridized carbons (Fsp3) is 0.333. The monoisotopic (exact) mass is 281 g/mol.